The number of hydrogen-bond donors (Lipinski definition) is 1. The van der Waals surface area contributed by atoms with Crippen LogP contribution in [-0.2, 0) is 10.5 Å². The first-order valence-corrected chi connectivity index (χ1v) is 9.39. The number of ether oxygens (including phenoxy) is 1. The van der Waals surface area contributed by atoms with Gasteiger partial charge in [0.1, 0.15) is 5.75 Å². The van der Waals surface area contributed by atoms with Gasteiger partial charge in [-0.1, -0.05) is 29.8 Å². The SMILES string of the molecule is COc1ccc(C(=O)N(C)C)cc1NC(=O)CSCc1cccc(C)c1. The minimum Gasteiger partial charge on any atom is -0.495 e. The van der Waals surface area contributed by atoms with Crippen LogP contribution in [0.3, 0.4) is 0 Å². The highest BCUT2D eigenvalue weighted by Gasteiger charge is 2.13. The van der Waals surface area contributed by atoms with Gasteiger partial charge in [-0.05, 0) is 30.7 Å². The molecule has 0 saturated carbocycles. The van der Waals surface area contributed by atoms with Crippen LogP contribution < -0.4 is 10.1 Å². The molecule has 0 saturated heterocycles. The van der Waals surface area contributed by atoms with E-state index < -0.39 is 0 Å². The Labute approximate surface area is 158 Å². The molecule has 0 heterocycles. The molecular weight excluding hydrogens is 348 g/mol. The molecule has 0 aliphatic rings. The van der Waals surface area contributed by atoms with Crippen LogP contribution in [0, 0.1) is 6.92 Å². The number of amides is 2. The quantitative estimate of drug-likeness (QED) is 0.807. The van der Waals surface area contributed by atoms with Crippen molar-refractivity contribution in [2.45, 2.75) is 12.7 Å². The maximum atomic E-state index is 12.3. The summed E-state index contributed by atoms with van der Waals surface area (Å²) in [6.07, 6.45) is 0. The number of thioether (sulfide) groups is 1. The van der Waals surface area contributed by atoms with Crippen LogP contribution in [0.1, 0.15) is 21.5 Å². The van der Waals surface area contributed by atoms with Crippen molar-refractivity contribution in [3.63, 3.8) is 0 Å². The summed E-state index contributed by atoms with van der Waals surface area (Å²) in [4.78, 5) is 25.9. The van der Waals surface area contributed by atoms with Crippen molar-refractivity contribution < 1.29 is 14.3 Å². The number of anilines is 1. The van der Waals surface area contributed by atoms with Gasteiger partial charge in [0, 0.05) is 25.4 Å². The molecule has 2 rings (SSSR count). The average molecular weight is 372 g/mol. The third kappa shape index (κ3) is 5.52. The van der Waals surface area contributed by atoms with Crippen molar-refractivity contribution in [1.29, 1.82) is 0 Å². The Morgan fingerprint density at radius 2 is 1.92 bits per heavy atom. The normalized spacial score (nSPS) is 10.3. The summed E-state index contributed by atoms with van der Waals surface area (Å²) in [5.74, 6) is 1.36. The molecule has 0 fully saturated rings. The van der Waals surface area contributed by atoms with E-state index >= 15 is 0 Å². The molecule has 26 heavy (non-hydrogen) atoms. The molecule has 2 aromatic rings. The second kappa shape index (κ2) is 9.29. The van der Waals surface area contributed by atoms with E-state index in [1.807, 2.05) is 6.07 Å². The van der Waals surface area contributed by atoms with Gasteiger partial charge in [-0.3, -0.25) is 9.59 Å². The Balaban J connectivity index is 1.98. The summed E-state index contributed by atoms with van der Waals surface area (Å²) in [5.41, 5.74) is 3.40. The number of nitrogens with zero attached hydrogens (tertiary/aromatic N) is 1. The van der Waals surface area contributed by atoms with Gasteiger partial charge in [0.25, 0.3) is 5.91 Å². The molecule has 5 nitrogen and oxygen atoms in total. The van der Waals surface area contributed by atoms with Crippen LogP contribution in [0.5, 0.6) is 5.75 Å². The zero-order valence-corrected chi connectivity index (χ0v) is 16.4. The molecular formula is C20H24N2O3S. The molecule has 0 bridgehead atoms. The van der Waals surface area contributed by atoms with Gasteiger partial charge >= 0.3 is 0 Å². The lowest BCUT2D eigenvalue weighted by molar-refractivity contribution is -0.113. The molecule has 0 atom stereocenters. The van der Waals surface area contributed by atoms with Gasteiger partial charge in [0.15, 0.2) is 0 Å². The van der Waals surface area contributed by atoms with Gasteiger partial charge in [-0.2, -0.15) is 0 Å². The molecule has 0 spiro atoms. The van der Waals surface area contributed by atoms with E-state index in [0.29, 0.717) is 22.8 Å². The lowest BCUT2D eigenvalue weighted by Crippen LogP contribution is -2.22. The molecule has 2 aromatic carbocycles. The van der Waals surface area contributed by atoms with Crippen LogP contribution in [0.25, 0.3) is 0 Å². The molecule has 138 valence electrons. The van der Waals surface area contributed by atoms with E-state index in [4.69, 9.17) is 4.74 Å². The minimum atomic E-state index is -0.129. The molecule has 0 aromatic heterocycles. The van der Waals surface area contributed by atoms with Crippen LogP contribution in [-0.4, -0.2) is 43.7 Å². The lowest BCUT2D eigenvalue weighted by Gasteiger charge is -2.14. The molecule has 6 heteroatoms. The number of rotatable bonds is 7. The highest BCUT2D eigenvalue weighted by molar-refractivity contribution is 7.99. The minimum absolute atomic E-state index is 0.128. The van der Waals surface area contributed by atoms with Gasteiger partial charge < -0.3 is 15.0 Å². The van der Waals surface area contributed by atoms with Gasteiger partial charge in [0.2, 0.25) is 5.91 Å². The maximum Gasteiger partial charge on any atom is 0.253 e. The van der Waals surface area contributed by atoms with Gasteiger partial charge in [0.05, 0.1) is 18.6 Å². The zero-order chi connectivity index (χ0) is 19.1. The highest BCUT2D eigenvalue weighted by Crippen LogP contribution is 2.26. The standard InChI is InChI=1S/C20H24N2O3S/c1-14-6-5-7-15(10-14)12-26-13-19(23)21-17-11-16(20(24)22(2)3)8-9-18(17)25-4/h5-11H,12-13H2,1-4H3,(H,21,23). The maximum absolute atomic E-state index is 12.3. The number of hydrogen-bond acceptors (Lipinski definition) is 4. The second-order valence-corrected chi connectivity index (χ2v) is 7.13. The monoisotopic (exact) mass is 372 g/mol. The number of methoxy groups -OCH3 is 1. The number of nitrogens with one attached hydrogen (secondary N) is 1. The average Bonchev–Trinajstić information content (AvgIpc) is 2.61. The first-order chi connectivity index (χ1) is 12.4. The third-order valence-electron chi connectivity index (χ3n) is 3.71. The molecule has 0 aliphatic carbocycles. The molecule has 0 unspecified atom stereocenters. The smallest absolute Gasteiger partial charge is 0.253 e. The second-order valence-electron chi connectivity index (χ2n) is 6.14. The highest BCUT2D eigenvalue weighted by atomic mass is 32.2. The van der Waals surface area contributed by atoms with E-state index in [0.717, 1.165) is 5.75 Å². The van der Waals surface area contributed by atoms with Crippen molar-refractivity contribution >= 4 is 29.3 Å². The van der Waals surface area contributed by atoms with Crippen LogP contribution in [0.2, 0.25) is 0 Å². The molecule has 0 aliphatic heterocycles. The van der Waals surface area contributed by atoms with Gasteiger partial charge in [-0.15, -0.1) is 11.8 Å². The van der Waals surface area contributed by atoms with Crippen LogP contribution >= 0.6 is 11.8 Å². The van der Waals surface area contributed by atoms with Gasteiger partial charge in [-0.25, -0.2) is 0 Å². The molecule has 0 radical (unpaired) electrons. The predicted molar refractivity (Wildman–Crippen MR) is 107 cm³/mol. The van der Waals surface area contributed by atoms with Crippen molar-refractivity contribution in [2.24, 2.45) is 0 Å². The Morgan fingerprint density at radius 3 is 2.58 bits per heavy atom. The Morgan fingerprint density at radius 1 is 1.15 bits per heavy atom. The summed E-state index contributed by atoms with van der Waals surface area (Å²) < 4.78 is 5.28. The van der Waals surface area contributed by atoms with Crippen LogP contribution in [0.4, 0.5) is 5.69 Å². The fourth-order valence-corrected chi connectivity index (χ4v) is 3.22. The lowest BCUT2D eigenvalue weighted by atomic mass is 10.1. The fourth-order valence-electron chi connectivity index (χ4n) is 2.45. The summed E-state index contributed by atoms with van der Waals surface area (Å²) in [6, 6.07) is 13.2. The molecule has 2 amide bonds. The van der Waals surface area contributed by atoms with Crippen molar-refractivity contribution in [1.82, 2.24) is 4.90 Å². The van der Waals surface area contributed by atoms with E-state index in [1.165, 1.54) is 23.1 Å². The number of carbonyl (C=O) groups excluding carboxylic acids is 2. The summed E-state index contributed by atoms with van der Waals surface area (Å²) in [7, 11) is 4.91. The number of benzene rings is 2. The summed E-state index contributed by atoms with van der Waals surface area (Å²) in [6.45, 7) is 2.05. The summed E-state index contributed by atoms with van der Waals surface area (Å²) in [5, 5.41) is 2.84. The van der Waals surface area contributed by atoms with E-state index in [1.54, 1.807) is 44.1 Å². The van der Waals surface area contributed by atoms with E-state index in [2.05, 4.69) is 30.4 Å². The fraction of sp³-hybridized carbons (Fsp3) is 0.300. The third-order valence-corrected chi connectivity index (χ3v) is 4.71. The Hall–Kier alpha value is -2.47. The largest absolute Gasteiger partial charge is 0.495 e. The van der Waals surface area contributed by atoms with Crippen molar-refractivity contribution in [3.05, 3.63) is 59.2 Å². The Bertz CT molecular complexity index is 790. The van der Waals surface area contributed by atoms with Crippen molar-refractivity contribution in [2.75, 3.05) is 32.3 Å². The Kier molecular flexibility index (Phi) is 7.09. The topological polar surface area (TPSA) is 58.6 Å². The molecule has 1 N–H and O–H groups in total. The summed E-state index contributed by atoms with van der Waals surface area (Å²) >= 11 is 1.54. The predicted octanol–water partition coefficient (Wildman–Crippen LogP) is 3.58. The first kappa shape index (κ1) is 19.8. The van der Waals surface area contributed by atoms with Crippen LogP contribution in [0.15, 0.2) is 42.5 Å². The number of aryl methyl sites for hydroxylation is 1. The number of carbonyl (C=O) groups is 2. The zero-order valence-electron chi connectivity index (χ0n) is 15.5. The van der Waals surface area contributed by atoms with E-state index in [9.17, 15) is 9.59 Å². The first-order valence-electron chi connectivity index (χ1n) is 8.23. The van der Waals surface area contributed by atoms with Crippen molar-refractivity contribution in [3.8, 4) is 5.75 Å². The van der Waals surface area contributed by atoms with E-state index in [-0.39, 0.29) is 11.8 Å².